The number of aryl methyl sites for hydroxylation is 1. The maximum Gasteiger partial charge on any atom is 0.319 e. The first kappa shape index (κ1) is 13.5. The number of rotatable bonds is 4. The lowest BCUT2D eigenvalue weighted by Gasteiger charge is -2.07. The number of carboxylic acids is 1. The summed E-state index contributed by atoms with van der Waals surface area (Å²) in [5.74, 6) is -0.941. The van der Waals surface area contributed by atoms with Gasteiger partial charge in [0.1, 0.15) is 0 Å². The smallest absolute Gasteiger partial charge is 0.319 e. The molecule has 1 aromatic rings. The number of amides is 2. The van der Waals surface area contributed by atoms with E-state index in [4.69, 9.17) is 5.11 Å². The van der Waals surface area contributed by atoms with Gasteiger partial charge in [-0.15, -0.1) is 0 Å². The molecule has 0 radical (unpaired) electrons. The van der Waals surface area contributed by atoms with Crippen LogP contribution in [-0.4, -0.2) is 23.7 Å². The summed E-state index contributed by atoms with van der Waals surface area (Å²) in [5, 5.41) is 13.5. The van der Waals surface area contributed by atoms with E-state index in [1.165, 1.54) is 0 Å². The van der Waals surface area contributed by atoms with E-state index in [1.807, 2.05) is 19.1 Å². The zero-order chi connectivity index (χ0) is 12.8. The highest BCUT2D eigenvalue weighted by Gasteiger charge is 2.03. The summed E-state index contributed by atoms with van der Waals surface area (Å²) in [5.41, 5.74) is 1.67. The number of hydrogen-bond donors (Lipinski definition) is 3. The summed E-state index contributed by atoms with van der Waals surface area (Å²) in [6.07, 6.45) is -0.0923. The van der Waals surface area contributed by atoms with Gasteiger partial charge in [-0.25, -0.2) is 4.79 Å². The quantitative estimate of drug-likeness (QED) is 0.799. The van der Waals surface area contributed by atoms with Gasteiger partial charge in [0.15, 0.2) is 0 Å². The Labute approximate surface area is 107 Å². The van der Waals surface area contributed by atoms with Gasteiger partial charge in [0.2, 0.25) is 0 Å². The molecule has 3 N–H and O–H groups in total. The minimum atomic E-state index is -0.941. The standard InChI is InChI=1S/C11H13BrN2O3/c1-7-4-8(12)6-9(5-7)14-11(17)13-3-2-10(15)16/h4-6H,2-3H2,1H3,(H,15,16)(H2,13,14,17). The first-order valence-electron chi connectivity index (χ1n) is 5.01. The first-order valence-corrected chi connectivity index (χ1v) is 5.80. The Hall–Kier alpha value is -1.56. The molecule has 17 heavy (non-hydrogen) atoms. The number of halogens is 1. The number of benzene rings is 1. The Kier molecular flexibility index (Phi) is 4.96. The Balaban J connectivity index is 2.47. The summed E-state index contributed by atoms with van der Waals surface area (Å²) in [7, 11) is 0. The van der Waals surface area contributed by atoms with Crippen LogP contribution in [0.15, 0.2) is 22.7 Å². The van der Waals surface area contributed by atoms with Crippen molar-refractivity contribution in [2.75, 3.05) is 11.9 Å². The molecule has 0 aromatic heterocycles. The number of anilines is 1. The predicted molar refractivity (Wildman–Crippen MR) is 68.2 cm³/mol. The van der Waals surface area contributed by atoms with Crippen LogP contribution in [0.25, 0.3) is 0 Å². The summed E-state index contributed by atoms with van der Waals surface area (Å²) in [6.45, 7) is 2.02. The van der Waals surface area contributed by atoms with Crippen LogP contribution in [0.2, 0.25) is 0 Å². The second-order valence-corrected chi connectivity index (χ2v) is 4.46. The molecule has 0 unspecified atom stereocenters. The molecule has 0 heterocycles. The lowest BCUT2D eigenvalue weighted by molar-refractivity contribution is -0.136. The van der Waals surface area contributed by atoms with Crippen molar-refractivity contribution in [2.24, 2.45) is 0 Å². The number of carboxylic acid groups (broad SMARTS) is 1. The maximum atomic E-state index is 11.4. The average Bonchev–Trinajstić information content (AvgIpc) is 2.14. The molecule has 0 spiro atoms. The summed E-state index contributed by atoms with van der Waals surface area (Å²) in [4.78, 5) is 21.6. The number of carbonyl (C=O) groups excluding carboxylic acids is 1. The molecule has 0 aliphatic carbocycles. The van der Waals surface area contributed by atoms with Gasteiger partial charge in [-0.05, 0) is 30.7 Å². The second kappa shape index (κ2) is 6.24. The van der Waals surface area contributed by atoms with Crippen molar-refractivity contribution in [3.8, 4) is 0 Å². The van der Waals surface area contributed by atoms with Crippen molar-refractivity contribution in [2.45, 2.75) is 13.3 Å². The Morgan fingerprint density at radius 1 is 1.35 bits per heavy atom. The van der Waals surface area contributed by atoms with Crippen LogP contribution < -0.4 is 10.6 Å². The molecule has 0 bridgehead atoms. The van der Waals surface area contributed by atoms with Crippen LogP contribution in [-0.2, 0) is 4.79 Å². The second-order valence-electron chi connectivity index (χ2n) is 3.54. The van der Waals surface area contributed by atoms with Gasteiger partial charge in [0.05, 0.1) is 6.42 Å². The van der Waals surface area contributed by atoms with E-state index in [1.54, 1.807) is 6.07 Å². The SMILES string of the molecule is Cc1cc(Br)cc(NC(=O)NCCC(=O)O)c1. The highest BCUT2D eigenvalue weighted by Crippen LogP contribution is 2.18. The van der Waals surface area contributed by atoms with E-state index >= 15 is 0 Å². The van der Waals surface area contributed by atoms with Gasteiger partial charge in [-0.3, -0.25) is 4.79 Å². The number of carbonyl (C=O) groups is 2. The Morgan fingerprint density at radius 3 is 2.65 bits per heavy atom. The minimum Gasteiger partial charge on any atom is -0.481 e. The van der Waals surface area contributed by atoms with Crippen LogP contribution in [0.4, 0.5) is 10.5 Å². The fraction of sp³-hybridized carbons (Fsp3) is 0.273. The molecule has 0 aliphatic heterocycles. The molecule has 92 valence electrons. The van der Waals surface area contributed by atoms with Gasteiger partial charge in [0, 0.05) is 16.7 Å². The topological polar surface area (TPSA) is 78.4 Å². The fourth-order valence-corrected chi connectivity index (χ4v) is 1.87. The molecule has 5 nitrogen and oxygen atoms in total. The lowest BCUT2D eigenvalue weighted by atomic mass is 10.2. The Morgan fingerprint density at radius 2 is 2.06 bits per heavy atom. The lowest BCUT2D eigenvalue weighted by Crippen LogP contribution is -2.30. The van der Waals surface area contributed by atoms with Crippen molar-refractivity contribution >= 4 is 33.6 Å². The molecule has 0 atom stereocenters. The third-order valence-electron chi connectivity index (χ3n) is 1.92. The maximum absolute atomic E-state index is 11.4. The van der Waals surface area contributed by atoms with Crippen LogP contribution in [0.3, 0.4) is 0 Å². The highest BCUT2D eigenvalue weighted by molar-refractivity contribution is 9.10. The minimum absolute atomic E-state index is 0.0923. The van der Waals surface area contributed by atoms with Gasteiger partial charge in [0.25, 0.3) is 0 Å². The van der Waals surface area contributed by atoms with Gasteiger partial charge in [-0.2, -0.15) is 0 Å². The molecule has 1 rings (SSSR count). The molecule has 0 fully saturated rings. The summed E-state index contributed by atoms with van der Waals surface area (Å²) < 4.78 is 0.873. The Bertz CT molecular complexity index is 414. The molecule has 0 saturated carbocycles. The third-order valence-corrected chi connectivity index (χ3v) is 2.38. The fourth-order valence-electron chi connectivity index (χ4n) is 1.27. The summed E-state index contributed by atoms with van der Waals surface area (Å²) in [6, 6.07) is 5.10. The zero-order valence-corrected chi connectivity index (χ0v) is 10.9. The number of nitrogens with one attached hydrogen (secondary N) is 2. The molecular weight excluding hydrogens is 288 g/mol. The average molecular weight is 301 g/mol. The van der Waals surface area contributed by atoms with Crippen LogP contribution in [0.1, 0.15) is 12.0 Å². The van der Waals surface area contributed by atoms with Crippen molar-refractivity contribution in [3.63, 3.8) is 0 Å². The van der Waals surface area contributed by atoms with E-state index in [-0.39, 0.29) is 13.0 Å². The number of urea groups is 1. The van der Waals surface area contributed by atoms with Crippen molar-refractivity contribution in [1.29, 1.82) is 0 Å². The zero-order valence-electron chi connectivity index (χ0n) is 9.29. The largest absolute Gasteiger partial charge is 0.481 e. The van der Waals surface area contributed by atoms with Crippen LogP contribution in [0.5, 0.6) is 0 Å². The first-order chi connectivity index (χ1) is 7.97. The monoisotopic (exact) mass is 300 g/mol. The number of hydrogen-bond acceptors (Lipinski definition) is 2. The number of aliphatic carboxylic acids is 1. The molecule has 1 aromatic carbocycles. The molecule has 0 aliphatic rings. The van der Waals surface area contributed by atoms with Crippen molar-refractivity contribution in [3.05, 3.63) is 28.2 Å². The summed E-state index contributed by atoms with van der Waals surface area (Å²) >= 11 is 3.33. The normalized spacial score (nSPS) is 9.76. The van der Waals surface area contributed by atoms with Crippen LogP contribution >= 0.6 is 15.9 Å². The predicted octanol–water partition coefficient (Wildman–Crippen LogP) is 2.35. The van der Waals surface area contributed by atoms with E-state index in [2.05, 4.69) is 26.6 Å². The van der Waals surface area contributed by atoms with Crippen LogP contribution in [0, 0.1) is 6.92 Å². The van der Waals surface area contributed by atoms with Gasteiger partial charge >= 0.3 is 12.0 Å². The molecule has 6 heteroatoms. The van der Waals surface area contributed by atoms with E-state index < -0.39 is 12.0 Å². The van der Waals surface area contributed by atoms with E-state index in [0.717, 1.165) is 10.0 Å². The third kappa shape index (κ3) is 5.35. The van der Waals surface area contributed by atoms with E-state index in [0.29, 0.717) is 5.69 Å². The van der Waals surface area contributed by atoms with Crippen molar-refractivity contribution < 1.29 is 14.7 Å². The van der Waals surface area contributed by atoms with Gasteiger partial charge < -0.3 is 15.7 Å². The highest BCUT2D eigenvalue weighted by atomic mass is 79.9. The van der Waals surface area contributed by atoms with Crippen molar-refractivity contribution in [1.82, 2.24) is 5.32 Å². The molecule has 0 saturated heterocycles. The van der Waals surface area contributed by atoms with Gasteiger partial charge in [-0.1, -0.05) is 15.9 Å². The molecule has 2 amide bonds. The molecular formula is C11H13BrN2O3. The van der Waals surface area contributed by atoms with E-state index in [9.17, 15) is 9.59 Å².